The third-order valence-corrected chi connectivity index (χ3v) is 4.01. The zero-order chi connectivity index (χ0) is 13.2. The first-order chi connectivity index (χ1) is 9.25. The highest BCUT2D eigenvalue weighted by atomic mass is 15.1. The van der Waals surface area contributed by atoms with Crippen molar-refractivity contribution in [1.29, 1.82) is 0 Å². The second-order valence-corrected chi connectivity index (χ2v) is 5.50. The molecule has 3 rings (SSSR count). The summed E-state index contributed by atoms with van der Waals surface area (Å²) in [4.78, 5) is 0. The maximum absolute atomic E-state index is 4.59. The Labute approximate surface area is 114 Å². The number of aromatic nitrogens is 2. The predicted molar refractivity (Wildman–Crippen MR) is 78.3 cm³/mol. The maximum atomic E-state index is 4.59. The van der Waals surface area contributed by atoms with Crippen molar-refractivity contribution in [3.63, 3.8) is 0 Å². The normalized spacial score (nSPS) is 16.7. The van der Waals surface area contributed by atoms with Crippen molar-refractivity contribution in [2.75, 3.05) is 13.1 Å². The van der Waals surface area contributed by atoms with Crippen molar-refractivity contribution < 1.29 is 0 Å². The fraction of sp³-hybridized carbons (Fsp3) is 0.438. The number of piperidine rings is 1. The zero-order valence-corrected chi connectivity index (χ0v) is 11.7. The summed E-state index contributed by atoms with van der Waals surface area (Å²) in [5, 5.41) is 11.2. The van der Waals surface area contributed by atoms with Crippen LogP contribution in [0.2, 0.25) is 0 Å². The van der Waals surface area contributed by atoms with Gasteiger partial charge in [-0.2, -0.15) is 5.10 Å². The lowest BCUT2D eigenvalue weighted by Gasteiger charge is -2.22. The van der Waals surface area contributed by atoms with E-state index in [-0.39, 0.29) is 0 Å². The second kappa shape index (κ2) is 5.17. The molecule has 1 aliphatic heterocycles. The minimum absolute atomic E-state index is 0.585. The Morgan fingerprint density at radius 3 is 2.68 bits per heavy atom. The number of benzene rings is 1. The first kappa shape index (κ1) is 12.4. The summed E-state index contributed by atoms with van der Waals surface area (Å²) in [7, 11) is 0. The molecule has 2 N–H and O–H groups in total. The molecule has 19 heavy (non-hydrogen) atoms. The SMILES string of the molecule is Cc1cccc(-c2c(C3CCNCC3)n[nH]c2C)c1. The van der Waals surface area contributed by atoms with Crippen LogP contribution in [0.15, 0.2) is 24.3 Å². The summed E-state index contributed by atoms with van der Waals surface area (Å²) in [5.41, 5.74) is 6.34. The van der Waals surface area contributed by atoms with Gasteiger partial charge >= 0.3 is 0 Å². The number of rotatable bonds is 2. The lowest BCUT2D eigenvalue weighted by molar-refractivity contribution is 0.453. The molecule has 3 heteroatoms. The molecule has 0 bridgehead atoms. The lowest BCUT2D eigenvalue weighted by atomic mass is 9.89. The highest BCUT2D eigenvalue weighted by Gasteiger charge is 2.23. The molecule has 0 aliphatic carbocycles. The van der Waals surface area contributed by atoms with Gasteiger partial charge in [0, 0.05) is 17.2 Å². The molecule has 1 aromatic heterocycles. The van der Waals surface area contributed by atoms with E-state index in [1.807, 2.05) is 0 Å². The lowest BCUT2D eigenvalue weighted by Crippen LogP contribution is -2.27. The number of aromatic amines is 1. The van der Waals surface area contributed by atoms with Gasteiger partial charge in [-0.05, 0) is 45.3 Å². The summed E-state index contributed by atoms with van der Waals surface area (Å²) in [6.07, 6.45) is 2.37. The summed E-state index contributed by atoms with van der Waals surface area (Å²) in [5.74, 6) is 0.585. The van der Waals surface area contributed by atoms with Gasteiger partial charge in [-0.1, -0.05) is 29.8 Å². The Bertz CT molecular complexity index is 565. The van der Waals surface area contributed by atoms with E-state index in [4.69, 9.17) is 0 Å². The van der Waals surface area contributed by atoms with Gasteiger partial charge in [0.1, 0.15) is 0 Å². The third-order valence-electron chi connectivity index (χ3n) is 4.01. The number of aryl methyl sites for hydroxylation is 2. The summed E-state index contributed by atoms with van der Waals surface area (Å²) >= 11 is 0. The summed E-state index contributed by atoms with van der Waals surface area (Å²) < 4.78 is 0. The van der Waals surface area contributed by atoms with Crippen LogP contribution in [-0.2, 0) is 0 Å². The standard InChI is InChI=1S/C16H21N3/c1-11-4-3-5-14(10-11)15-12(2)18-19-16(15)13-6-8-17-9-7-13/h3-5,10,13,17H,6-9H2,1-2H3,(H,18,19). The Morgan fingerprint density at radius 2 is 1.95 bits per heavy atom. The van der Waals surface area contributed by atoms with Crippen LogP contribution in [0.1, 0.15) is 35.7 Å². The molecule has 0 unspecified atom stereocenters. The van der Waals surface area contributed by atoms with Crippen LogP contribution in [-0.4, -0.2) is 23.3 Å². The van der Waals surface area contributed by atoms with Crippen molar-refractivity contribution in [3.05, 3.63) is 41.2 Å². The van der Waals surface area contributed by atoms with Gasteiger partial charge in [0.15, 0.2) is 0 Å². The fourth-order valence-electron chi connectivity index (χ4n) is 3.00. The van der Waals surface area contributed by atoms with Crippen molar-refractivity contribution >= 4 is 0 Å². The summed E-state index contributed by atoms with van der Waals surface area (Å²) in [6, 6.07) is 8.71. The van der Waals surface area contributed by atoms with E-state index in [9.17, 15) is 0 Å². The molecular formula is C16H21N3. The van der Waals surface area contributed by atoms with E-state index in [0.29, 0.717) is 5.92 Å². The molecule has 0 radical (unpaired) electrons. The molecule has 0 atom stereocenters. The van der Waals surface area contributed by atoms with Gasteiger partial charge < -0.3 is 5.32 Å². The van der Waals surface area contributed by atoms with Gasteiger partial charge in [-0.15, -0.1) is 0 Å². The van der Waals surface area contributed by atoms with Crippen LogP contribution in [0.3, 0.4) is 0 Å². The van der Waals surface area contributed by atoms with Crippen LogP contribution < -0.4 is 5.32 Å². The quantitative estimate of drug-likeness (QED) is 0.865. The van der Waals surface area contributed by atoms with E-state index in [1.165, 1.54) is 40.9 Å². The Morgan fingerprint density at radius 1 is 1.16 bits per heavy atom. The Kier molecular flexibility index (Phi) is 3.38. The number of H-pyrrole nitrogens is 1. The number of nitrogens with zero attached hydrogens (tertiary/aromatic N) is 1. The fourth-order valence-corrected chi connectivity index (χ4v) is 3.00. The van der Waals surface area contributed by atoms with Gasteiger partial charge in [0.25, 0.3) is 0 Å². The van der Waals surface area contributed by atoms with Crippen LogP contribution in [0.5, 0.6) is 0 Å². The molecule has 1 aromatic carbocycles. The molecule has 1 aliphatic rings. The Hall–Kier alpha value is -1.61. The van der Waals surface area contributed by atoms with Crippen LogP contribution in [0, 0.1) is 13.8 Å². The average molecular weight is 255 g/mol. The molecule has 1 fully saturated rings. The minimum Gasteiger partial charge on any atom is -0.317 e. The molecule has 0 spiro atoms. The largest absolute Gasteiger partial charge is 0.317 e. The smallest absolute Gasteiger partial charge is 0.0735 e. The van der Waals surface area contributed by atoms with Crippen molar-refractivity contribution in [2.24, 2.45) is 0 Å². The Balaban J connectivity index is 2.03. The monoisotopic (exact) mass is 255 g/mol. The number of hydrogen-bond donors (Lipinski definition) is 2. The zero-order valence-electron chi connectivity index (χ0n) is 11.7. The molecule has 3 nitrogen and oxygen atoms in total. The van der Waals surface area contributed by atoms with Crippen LogP contribution >= 0.6 is 0 Å². The van der Waals surface area contributed by atoms with E-state index in [2.05, 4.69) is 53.6 Å². The van der Waals surface area contributed by atoms with Gasteiger partial charge in [-0.25, -0.2) is 0 Å². The van der Waals surface area contributed by atoms with Gasteiger partial charge in [-0.3, -0.25) is 5.10 Å². The third kappa shape index (κ3) is 2.43. The van der Waals surface area contributed by atoms with E-state index >= 15 is 0 Å². The van der Waals surface area contributed by atoms with E-state index < -0.39 is 0 Å². The van der Waals surface area contributed by atoms with Crippen molar-refractivity contribution in [2.45, 2.75) is 32.6 Å². The molecular weight excluding hydrogens is 234 g/mol. The summed E-state index contributed by atoms with van der Waals surface area (Å²) in [6.45, 7) is 6.46. The molecule has 1 saturated heterocycles. The number of nitrogens with one attached hydrogen (secondary N) is 2. The molecule has 0 saturated carbocycles. The molecule has 2 heterocycles. The first-order valence-corrected chi connectivity index (χ1v) is 7.08. The van der Waals surface area contributed by atoms with E-state index in [1.54, 1.807) is 0 Å². The first-order valence-electron chi connectivity index (χ1n) is 7.08. The van der Waals surface area contributed by atoms with Crippen LogP contribution in [0.4, 0.5) is 0 Å². The molecule has 0 amide bonds. The highest BCUT2D eigenvalue weighted by molar-refractivity contribution is 5.69. The second-order valence-electron chi connectivity index (χ2n) is 5.50. The van der Waals surface area contributed by atoms with Gasteiger partial charge in [0.05, 0.1) is 5.69 Å². The van der Waals surface area contributed by atoms with Gasteiger partial charge in [0.2, 0.25) is 0 Å². The van der Waals surface area contributed by atoms with E-state index in [0.717, 1.165) is 13.1 Å². The molecule has 2 aromatic rings. The molecule has 100 valence electrons. The average Bonchev–Trinajstić information content (AvgIpc) is 2.82. The topological polar surface area (TPSA) is 40.7 Å². The maximum Gasteiger partial charge on any atom is 0.0735 e. The van der Waals surface area contributed by atoms with Crippen molar-refractivity contribution in [3.8, 4) is 11.1 Å². The minimum atomic E-state index is 0.585. The number of hydrogen-bond acceptors (Lipinski definition) is 2. The van der Waals surface area contributed by atoms with Crippen LogP contribution in [0.25, 0.3) is 11.1 Å². The highest BCUT2D eigenvalue weighted by Crippen LogP contribution is 2.34. The van der Waals surface area contributed by atoms with Crippen molar-refractivity contribution in [1.82, 2.24) is 15.5 Å². The predicted octanol–water partition coefficient (Wildman–Crippen LogP) is 3.16.